The number of aldehydes is 1. The quantitative estimate of drug-likeness (QED) is 0.660. The number of rotatable bonds is 3. The lowest BCUT2D eigenvalue weighted by Gasteiger charge is -2.09. The molecule has 19 heavy (non-hydrogen) atoms. The molecule has 0 aliphatic carbocycles. The molecule has 0 heterocycles. The standard InChI is InChI=1S/C12H4F2N4O/c13-9-2-1-7(6-19)12(11(9)14)18-10(5-17)8(3-15)4-16/h1-2,6,18H. The maximum Gasteiger partial charge on any atom is 0.182 e. The predicted molar refractivity (Wildman–Crippen MR) is 59.2 cm³/mol. The fourth-order valence-corrected chi connectivity index (χ4v) is 1.20. The van der Waals surface area contributed by atoms with Crippen LogP contribution in [0.4, 0.5) is 14.5 Å². The van der Waals surface area contributed by atoms with Crippen molar-refractivity contribution in [2.75, 3.05) is 5.32 Å². The highest BCUT2D eigenvalue weighted by Crippen LogP contribution is 2.23. The van der Waals surface area contributed by atoms with Crippen molar-refractivity contribution in [3.8, 4) is 18.2 Å². The van der Waals surface area contributed by atoms with E-state index >= 15 is 0 Å². The third-order valence-corrected chi connectivity index (χ3v) is 2.09. The lowest BCUT2D eigenvalue weighted by molar-refractivity contribution is 0.112. The van der Waals surface area contributed by atoms with Crippen LogP contribution in [0.1, 0.15) is 10.4 Å². The minimum atomic E-state index is -1.38. The molecule has 0 aromatic heterocycles. The van der Waals surface area contributed by atoms with E-state index in [2.05, 4.69) is 5.32 Å². The highest BCUT2D eigenvalue weighted by molar-refractivity contribution is 5.85. The lowest BCUT2D eigenvalue weighted by Crippen LogP contribution is -2.06. The van der Waals surface area contributed by atoms with Gasteiger partial charge in [0, 0.05) is 5.56 Å². The molecule has 1 N–H and O–H groups in total. The Bertz CT molecular complexity index is 673. The Labute approximate surface area is 106 Å². The summed E-state index contributed by atoms with van der Waals surface area (Å²) in [6, 6.07) is 6.06. The molecule has 92 valence electrons. The zero-order valence-electron chi connectivity index (χ0n) is 9.24. The molecule has 0 aliphatic heterocycles. The fraction of sp³-hybridized carbons (Fsp3) is 0. The molecule has 0 bridgehead atoms. The second-order valence-corrected chi connectivity index (χ2v) is 3.15. The minimum absolute atomic E-state index is 0.248. The molecule has 7 heteroatoms. The number of carbonyl (C=O) groups excluding carboxylic acids is 1. The van der Waals surface area contributed by atoms with Crippen LogP contribution in [0.15, 0.2) is 23.4 Å². The Morgan fingerprint density at radius 1 is 1.16 bits per heavy atom. The van der Waals surface area contributed by atoms with Gasteiger partial charge in [-0.2, -0.15) is 15.8 Å². The summed E-state index contributed by atoms with van der Waals surface area (Å²) >= 11 is 0. The summed E-state index contributed by atoms with van der Waals surface area (Å²) in [6.45, 7) is 0. The van der Waals surface area contributed by atoms with E-state index < -0.39 is 28.6 Å². The van der Waals surface area contributed by atoms with Crippen LogP contribution < -0.4 is 5.32 Å². The van der Waals surface area contributed by atoms with Crippen LogP contribution in [0.2, 0.25) is 0 Å². The fourth-order valence-electron chi connectivity index (χ4n) is 1.20. The van der Waals surface area contributed by atoms with Gasteiger partial charge in [-0.3, -0.25) is 4.79 Å². The first-order valence-corrected chi connectivity index (χ1v) is 4.73. The largest absolute Gasteiger partial charge is 0.342 e. The van der Waals surface area contributed by atoms with Gasteiger partial charge >= 0.3 is 0 Å². The van der Waals surface area contributed by atoms with E-state index in [9.17, 15) is 13.6 Å². The minimum Gasteiger partial charge on any atom is -0.342 e. The number of halogens is 2. The van der Waals surface area contributed by atoms with Crippen molar-refractivity contribution in [3.05, 3.63) is 40.6 Å². The third kappa shape index (κ3) is 2.71. The van der Waals surface area contributed by atoms with Crippen molar-refractivity contribution >= 4 is 12.0 Å². The summed E-state index contributed by atoms with van der Waals surface area (Å²) in [4.78, 5) is 10.7. The zero-order chi connectivity index (χ0) is 14.4. The molecular formula is C12H4F2N4O. The summed E-state index contributed by atoms with van der Waals surface area (Å²) in [5.41, 5.74) is -2.03. The number of anilines is 1. The van der Waals surface area contributed by atoms with E-state index in [1.54, 1.807) is 0 Å². The Morgan fingerprint density at radius 3 is 2.26 bits per heavy atom. The molecule has 0 saturated heterocycles. The summed E-state index contributed by atoms with van der Waals surface area (Å²) < 4.78 is 26.6. The Hall–Kier alpha value is -3.24. The average Bonchev–Trinajstić information content (AvgIpc) is 2.43. The van der Waals surface area contributed by atoms with Gasteiger partial charge in [0.2, 0.25) is 0 Å². The van der Waals surface area contributed by atoms with Crippen molar-refractivity contribution in [3.63, 3.8) is 0 Å². The van der Waals surface area contributed by atoms with Crippen LogP contribution in [-0.4, -0.2) is 6.29 Å². The van der Waals surface area contributed by atoms with Gasteiger partial charge in [-0.15, -0.1) is 0 Å². The summed E-state index contributed by atoms with van der Waals surface area (Å²) in [7, 11) is 0. The molecule has 1 aromatic rings. The highest BCUT2D eigenvalue weighted by Gasteiger charge is 2.16. The number of benzene rings is 1. The Morgan fingerprint density at radius 2 is 1.79 bits per heavy atom. The molecular weight excluding hydrogens is 254 g/mol. The van der Waals surface area contributed by atoms with E-state index in [1.165, 1.54) is 18.2 Å². The van der Waals surface area contributed by atoms with E-state index in [0.717, 1.165) is 12.1 Å². The number of hydrogen-bond acceptors (Lipinski definition) is 5. The van der Waals surface area contributed by atoms with Gasteiger partial charge in [-0.05, 0) is 12.1 Å². The van der Waals surface area contributed by atoms with Gasteiger partial charge in [-0.1, -0.05) is 0 Å². The molecule has 0 radical (unpaired) electrons. The van der Waals surface area contributed by atoms with E-state index in [0.29, 0.717) is 0 Å². The monoisotopic (exact) mass is 258 g/mol. The number of allylic oxidation sites excluding steroid dienone is 2. The van der Waals surface area contributed by atoms with E-state index in [4.69, 9.17) is 15.8 Å². The predicted octanol–water partition coefficient (Wildman–Crippen LogP) is 2.01. The normalized spacial score (nSPS) is 8.58. The van der Waals surface area contributed by atoms with Crippen LogP contribution >= 0.6 is 0 Å². The van der Waals surface area contributed by atoms with Crippen LogP contribution in [0.25, 0.3) is 0 Å². The van der Waals surface area contributed by atoms with Crippen LogP contribution in [0.3, 0.4) is 0 Å². The maximum absolute atomic E-state index is 13.5. The maximum atomic E-state index is 13.5. The number of carbonyl (C=O) groups is 1. The van der Waals surface area contributed by atoms with Crippen LogP contribution in [0, 0.1) is 45.6 Å². The first-order chi connectivity index (χ1) is 9.08. The van der Waals surface area contributed by atoms with Gasteiger partial charge in [0.25, 0.3) is 0 Å². The first kappa shape index (κ1) is 13.8. The van der Waals surface area contributed by atoms with Gasteiger partial charge in [-0.25, -0.2) is 8.78 Å². The van der Waals surface area contributed by atoms with E-state index in [1.807, 2.05) is 0 Å². The third-order valence-electron chi connectivity index (χ3n) is 2.09. The Kier molecular flexibility index (Phi) is 4.29. The van der Waals surface area contributed by atoms with Gasteiger partial charge in [0.05, 0.1) is 5.69 Å². The first-order valence-electron chi connectivity index (χ1n) is 4.73. The Balaban J connectivity index is 3.43. The number of nitriles is 3. The molecule has 1 aromatic carbocycles. The summed E-state index contributed by atoms with van der Waals surface area (Å²) in [5.74, 6) is -2.62. The molecule has 0 aliphatic rings. The molecule has 0 unspecified atom stereocenters. The van der Waals surface area contributed by atoms with Gasteiger partial charge in [0.1, 0.15) is 23.9 Å². The molecule has 0 saturated carbocycles. The van der Waals surface area contributed by atoms with Crippen molar-refractivity contribution < 1.29 is 13.6 Å². The van der Waals surface area contributed by atoms with Gasteiger partial charge in [0.15, 0.2) is 23.5 Å². The van der Waals surface area contributed by atoms with Crippen molar-refractivity contribution in [1.29, 1.82) is 15.8 Å². The topological polar surface area (TPSA) is 100 Å². The van der Waals surface area contributed by atoms with Gasteiger partial charge < -0.3 is 5.32 Å². The highest BCUT2D eigenvalue weighted by atomic mass is 19.2. The number of nitrogens with zero attached hydrogens (tertiary/aromatic N) is 3. The number of hydrogen-bond donors (Lipinski definition) is 1. The van der Waals surface area contributed by atoms with E-state index in [-0.39, 0.29) is 11.8 Å². The van der Waals surface area contributed by atoms with Crippen molar-refractivity contribution in [2.24, 2.45) is 0 Å². The second kappa shape index (κ2) is 5.90. The lowest BCUT2D eigenvalue weighted by atomic mass is 10.1. The molecule has 1 rings (SSSR count). The molecule has 0 amide bonds. The summed E-state index contributed by atoms with van der Waals surface area (Å²) in [6.07, 6.45) is 0.248. The summed E-state index contributed by atoms with van der Waals surface area (Å²) in [5, 5.41) is 28.0. The van der Waals surface area contributed by atoms with Crippen molar-refractivity contribution in [1.82, 2.24) is 0 Å². The number of nitrogens with one attached hydrogen (secondary N) is 1. The molecule has 0 atom stereocenters. The van der Waals surface area contributed by atoms with Crippen molar-refractivity contribution in [2.45, 2.75) is 0 Å². The van der Waals surface area contributed by atoms with Crippen LogP contribution in [0.5, 0.6) is 0 Å². The molecule has 0 spiro atoms. The van der Waals surface area contributed by atoms with Crippen LogP contribution in [-0.2, 0) is 0 Å². The second-order valence-electron chi connectivity index (χ2n) is 3.15. The molecule has 0 fully saturated rings. The SMILES string of the molecule is N#CC(C#N)=C(C#N)Nc1c(C=O)ccc(F)c1F. The smallest absolute Gasteiger partial charge is 0.182 e. The average molecular weight is 258 g/mol. The zero-order valence-corrected chi connectivity index (χ0v) is 9.24. The molecule has 5 nitrogen and oxygen atoms in total.